The third-order valence-corrected chi connectivity index (χ3v) is 6.52. The van der Waals surface area contributed by atoms with Gasteiger partial charge in [0.25, 0.3) is 0 Å². The maximum Gasteiger partial charge on any atom is 0.178 e. The first-order valence-corrected chi connectivity index (χ1v) is 10.9. The summed E-state index contributed by atoms with van der Waals surface area (Å²) >= 11 is 0. The lowest BCUT2D eigenvalue weighted by Crippen LogP contribution is -2.41. The van der Waals surface area contributed by atoms with E-state index in [2.05, 4.69) is 26.8 Å². The maximum absolute atomic E-state index is 11.0. The summed E-state index contributed by atoms with van der Waals surface area (Å²) in [6.45, 7) is 10.7. The summed E-state index contributed by atoms with van der Waals surface area (Å²) in [4.78, 5) is 0. The topological polar surface area (TPSA) is 69.9 Å². The summed E-state index contributed by atoms with van der Waals surface area (Å²) in [5.41, 5.74) is 2.86. The van der Waals surface area contributed by atoms with Crippen LogP contribution >= 0.6 is 0 Å². The van der Waals surface area contributed by atoms with Crippen LogP contribution in [0.2, 0.25) is 0 Å². The van der Waals surface area contributed by atoms with Crippen molar-refractivity contribution in [2.75, 3.05) is 0 Å². The van der Waals surface area contributed by atoms with Crippen LogP contribution in [-0.2, 0) is 10.3 Å². The number of rotatable bonds is 7. The van der Waals surface area contributed by atoms with Crippen LogP contribution in [0, 0.1) is 5.41 Å². The number of hydrogen-bond acceptors (Lipinski definition) is 4. The van der Waals surface area contributed by atoms with Crippen LogP contribution in [-0.4, -0.2) is 21.4 Å². The molecule has 0 saturated carbocycles. The minimum Gasteiger partial charge on any atom is -0.512 e. The van der Waals surface area contributed by atoms with Crippen molar-refractivity contribution in [1.29, 1.82) is 0 Å². The van der Waals surface area contributed by atoms with E-state index in [0.29, 0.717) is 5.56 Å². The van der Waals surface area contributed by atoms with E-state index in [1.807, 2.05) is 26.0 Å². The van der Waals surface area contributed by atoms with Crippen molar-refractivity contribution < 1.29 is 20.1 Å². The predicted molar refractivity (Wildman–Crippen MR) is 116 cm³/mol. The SMILES string of the molecule is CCCCCCC(C)(C)C1=CC2OC(C)(C)c3ccc(C(O)O)cc3C2C(O)=C1. The molecule has 2 unspecified atom stereocenters. The Kier molecular flexibility index (Phi) is 6.28. The summed E-state index contributed by atoms with van der Waals surface area (Å²) in [5, 5.41) is 30.3. The molecule has 4 heteroatoms. The molecule has 1 aliphatic heterocycles. The zero-order valence-electron chi connectivity index (χ0n) is 18.4. The van der Waals surface area contributed by atoms with E-state index >= 15 is 0 Å². The molecule has 3 rings (SSSR count). The third-order valence-electron chi connectivity index (χ3n) is 6.52. The summed E-state index contributed by atoms with van der Waals surface area (Å²) in [6, 6.07) is 5.38. The van der Waals surface area contributed by atoms with E-state index in [1.54, 1.807) is 12.1 Å². The van der Waals surface area contributed by atoms with Crippen LogP contribution in [0.15, 0.2) is 41.7 Å². The highest BCUT2D eigenvalue weighted by Crippen LogP contribution is 2.49. The number of hydrogen-bond donors (Lipinski definition) is 3. The van der Waals surface area contributed by atoms with Crippen molar-refractivity contribution in [3.8, 4) is 0 Å². The number of aliphatic hydroxyl groups is 3. The molecule has 0 radical (unpaired) electrons. The van der Waals surface area contributed by atoms with Gasteiger partial charge in [-0.3, -0.25) is 0 Å². The van der Waals surface area contributed by atoms with Crippen LogP contribution in [0.3, 0.4) is 0 Å². The van der Waals surface area contributed by atoms with Gasteiger partial charge in [-0.2, -0.15) is 0 Å². The first-order valence-electron chi connectivity index (χ1n) is 10.9. The largest absolute Gasteiger partial charge is 0.512 e. The second kappa shape index (κ2) is 8.25. The number of aliphatic hydroxyl groups excluding tert-OH is 2. The molecular weight excluding hydrogens is 364 g/mol. The summed E-state index contributed by atoms with van der Waals surface area (Å²) in [7, 11) is 0. The molecule has 3 N–H and O–H groups in total. The lowest BCUT2D eigenvalue weighted by atomic mass is 9.71. The third kappa shape index (κ3) is 4.45. The summed E-state index contributed by atoms with van der Waals surface area (Å²) in [5.74, 6) is -0.0353. The fourth-order valence-electron chi connectivity index (χ4n) is 4.69. The first kappa shape index (κ1) is 22.1. The summed E-state index contributed by atoms with van der Waals surface area (Å²) in [6.07, 6.45) is 8.21. The minimum atomic E-state index is -1.53. The van der Waals surface area contributed by atoms with Crippen molar-refractivity contribution >= 4 is 0 Å². The van der Waals surface area contributed by atoms with Gasteiger partial charge in [0, 0.05) is 5.56 Å². The van der Waals surface area contributed by atoms with Crippen LogP contribution < -0.4 is 0 Å². The average Bonchev–Trinajstić information content (AvgIpc) is 2.64. The van der Waals surface area contributed by atoms with Crippen molar-refractivity contribution in [2.24, 2.45) is 5.41 Å². The molecule has 2 atom stereocenters. The highest BCUT2D eigenvalue weighted by atomic mass is 16.5. The minimum absolute atomic E-state index is 0.0381. The number of unbranched alkanes of at least 4 members (excludes halogenated alkanes) is 3. The number of ether oxygens (including phenoxy) is 1. The van der Waals surface area contributed by atoms with Crippen molar-refractivity contribution in [3.05, 3.63) is 58.4 Å². The monoisotopic (exact) mass is 400 g/mol. The van der Waals surface area contributed by atoms with Gasteiger partial charge in [-0.25, -0.2) is 0 Å². The lowest BCUT2D eigenvalue weighted by molar-refractivity contribution is -0.0809. The molecule has 0 aromatic heterocycles. The smallest absolute Gasteiger partial charge is 0.178 e. The maximum atomic E-state index is 11.0. The lowest BCUT2D eigenvalue weighted by Gasteiger charge is -2.44. The standard InChI is InChI=1S/C25H36O4/c1-6-7-8-9-12-24(2,3)17-14-20(26)22-18-13-16(23(27)28)10-11-19(18)25(4,5)29-21(22)15-17/h10-11,13-15,21-23,26-28H,6-9,12H2,1-5H3. The molecule has 0 amide bonds. The molecule has 0 fully saturated rings. The molecule has 1 aliphatic carbocycles. The number of fused-ring (bicyclic) bond motifs is 3. The molecule has 160 valence electrons. The van der Waals surface area contributed by atoms with Crippen molar-refractivity contribution in [2.45, 2.75) is 90.6 Å². The second-order valence-corrected chi connectivity index (χ2v) is 9.68. The Bertz CT molecular complexity index is 801. The van der Waals surface area contributed by atoms with Gasteiger partial charge >= 0.3 is 0 Å². The predicted octanol–water partition coefficient (Wildman–Crippen LogP) is 5.77. The van der Waals surface area contributed by atoms with Crippen LogP contribution in [0.5, 0.6) is 0 Å². The van der Waals surface area contributed by atoms with Crippen molar-refractivity contribution in [3.63, 3.8) is 0 Å². The molecule has 2 aliphatic rings. The molecule has 1 aromatic carbocycles. The second-order valence-electron chi connectivity index (χ2n) is 9.68. The van der Waals surface area contributed by atoms with Gasteiger partial charge in [-0.15, -0.1) is 0 Å². The van der Waals surface area contributed by atoms with Crippen LogP contribution in [0.4, 0.5) is 0 Å². The highest BCUT2D eigenvalue weighted by molar-refractivity contribution is 5.48. The Hall–Kier alpha value is -1.62. The van der Waals surface area contributed by atoms with E-state index in [-0.39, 0.29) is 23.2 Å². The fourth-order valence-corrected chi connectivity index (χ4v) is 4.69. The average molecular weight is 401 g/mol. The molecule has 4 nitrogen and oxygen atoms in total. The molecule has 1 heterocycles. The van der Waals surface area contributed by atoms with E-state index in [4.69, 9.17) is 4.74 Å². The molecule has 1 aromatic rings. The molecule has 29 heavy (non-hydrogen) atoms. The van der Waals surface area contributed by atoms with E-state index < -0.39 is 11.9 Å². The molecule has 0 saturated heterocycles. The molecule has 0 bridgehead atoms. The number of benzene rings is 1. The van der Waals surface area contributed by atoms with Gasteiger partial charge in [0.1, 0.15) is 5.76 Å². The van der Waals surface area contributed by atoms with Gasteiger partial charge in [-0.1, -0.05) is 64.7 Å². The Morgan fingerprint density at radius 3 is 2.52 bits per heavy atom. The van der Waals surface area contributed by atoms with Gasteiger partial charge < -0.3 is 20.1 Å². The highest BCUT2D eigenvalue weighted by Gasteiger charge is 2.44. The van der Waals surface area contributed by atoms with E-state index in [0.717, 1.165) is 23.1 Å². The fraction of sp³-hybridized carbons (Fsp3) is 0.600. The normalized spacial score (nSPS) is 23.3. The quantitative estimate of drug-likeness (QED) is 0.402. The van der Waals surface area contributed by atoms with Crippen LogP contribution in [0.1, 0.15) is 95.6 Å². The first-order chi connectivity index (χ1) is 13.6. The van der Waals surface area contributed by atoms with E-state index in [1.165, 1.54) is 25.7 Å². The summed E-state index contributed by atoms with van der Waals surface area (Å²) < 4.78 is 6.44. The van der Waals surface area contributed by atoms with Gasteiger partial charge in [-0.05, 0) is 54.5 Å². The van der Waals surface area contributed by atoms with Crippen LogP contribution in [0.25, 0.3) is 0 Å². The molecule has 0 spiro atoms. The van der Waals surface area contributed by atoms with E-state index in [9.17, 15) is 15.3 Å². The molecular formula is C25H36O4. The van der Waals surface area contributed by atoms with Gasteiger partial charge in [0.2, 0.25) is 0 Å². The Labute approximate surface area is 174 Å². The van der Waals surface area contributed by atoms with Gasteiger partial charge in [0.15, 0.2) is 6.29 Å². The van der Waals surface area contributed by atoms with Gasteiger partial charge in [0.05, 0.1) is 17.6 Å². The van der Waals surface area contributed by atoms with Crippen molar-refractivity contribution in [1.82, 2.24) is 0 Å². The Balaban J connectivity index is 1.94. The zero-order valence-corrected chi connectivity index (χ0v) is 18.4. The zero-order chi connectivity index (χ0) is 21.4. The number of allylic oxidation sites excluding steroid dienone is 2. The Morgan fingerprint density at radius 1 is 1.14 bits per heavy atom. The Morgan fingerprint density at radius 2 is 1.86 bits per heavy atom.